The Hall–Kier alpha value is -3.16. The van der Waals surface area contributed by atoms with E-state index in [1.54, 1.807) is 6.33 Å². The molecule has 3 aromatic rings. The number of aromatic nitrogens is 4. The number of hydrogen-bond acceptors (Lipinski definition) is 6. The Morgan fingerprint density at radius 1 is 1.15 bits per heavy atom. The maximum Gasteiger partial charge on any atom is 0.260 e. The molecule has 0 radical (unpaired) electrons. The maximum absolute atomic E-state index is 12.4. The Bertz CT molecular complexity index is 962. The minimum atomic E-state index is 0.00760. The van der Waals surface area contributed by atoms with Gasteiger partial charge in [-0.1, -0.05) is 12.1 Å². The highest BCUT2D eigenvalue weighted by Crippen LogP contribution is 2.17. The van der Waals surface area contributed by atoms with Gasteiger partial charge in [-0.2, -0.15) is 4.98 Å². The van der Waals surface area contributed by atoms with Gasteiger partial charge in [0.05, 0.1) is 0 Å². The number of aryl methyl sites for hydroxylation is 2. The highest BCUT2D eigenvalue weighted by atomic mass is 16.5. The lowest BCUT2D eigenvalue weighted by Gasteiger charge is -2.35. The Labute approximate surface area is 157 Å². The highest BCUT2D eigenvalue weighted by Gasteiger charge is 2.23. The van der Waals surface area contributed by atoms with Gasteiger partial charge < -0.3 is 14.5 Å². The molecule has 1 aromatic carbocycles. The van der Waals surface area contributed by atoms with Crippen LogP contribution in [0.15, 0.2) is 36.7 Å². The molecule has 1 saturated heterocycles. The fourth-order valence-corrected chi connectivity index (χ4v) is 3.23. The zero-order valence-corrected chi connectivity index (χ0v) is 15.5. The second-order valence-corrected chi connectivity index (χ2v) is 6.73. The van der Waals surface area contributed by atoms with Crippen LogP contribution < -0.4 is 9.64 Å². The van der Waals surface area contributed by atoms with Gasteiger partial charge in [0.15, 0.2) is 6.61 Å². The predicted octanol–water partition coefficient (Wildman–Crippen LogP) is 1.47. The van der Waals surface area contributed by atoms with Gasteiger partial charge in [0.25, 0.3) is 11.7 Å². The number of anilines is 1. The van der Waals surface area contributed by atoms with Gasteiger partial charge in [-0.15, -0.1) is 10.2 Å². The summed E-state index contributed by atoms with van der Waals surface area (Å²) in [5.74, 6) is 2.20. The first-order chi connectivity index (χ1) is 13.1. The molecule has 0 unspecified atom stereocenters. The largest absolute Gasteiger partial charge is 0.484 e. The molecular weight excluding hydrogens is 344 g/mol. The molecule has 2 aromatic heterocycles. The number of amides is 1. The van der Waals surface area contributed by atoms with Gasteiger partial charge in [0, 0.05) is 37.9 Å². The van der Waals surface area contributed by atoms with Gasteiger partial charge in [-0.3, -0.25) is 9.20 Å². The number of hydrogen-bond donors (Lipinski definition) is 0. The zero-order chi connectivity index (χ0) is 18.8. The molecule has 8 nitrogen and oxygen atoms in total. The van der Waals surface area contributed by atoms with Gasteiger partial charge in [-0.05, 0) is 31.5 Å². The first-order valence-electron chi connectivity index (χ1n) is 9.00. The minimum Gasteiger partial charge on any atom is -0.484 e. The number of benzene rings is 1. The molecule has 1 fully saturated rings. The lowest BCUT2D eigenvalue weighted by molar-refractivity contribution is -0.133. The van der Waals surface area contributed by atoms with Crippen molar-refractivity contribution in [2.45, 2.75) is 13.8 Å². The summed E-state index contributed by atoms with van der Waals surface area (Å²) in [5.41, 5.74) is 2.14. The van der Waals surface area contributed by atoms with E-state index in [-0.39, 0.29) is 12.5 Å². The minimum absolute atomic E-state index is 0.00760. The van der Waals surface area contributed by atoms with Crippen LogP contribution in [0.3, 0.4) is 0 Å². The second-order valence-electron chi connectivity index (χ2n) is 6.73. The summed E-state index contributed by atoms with van der Waals surface area (Å²) in [4.78, 5) is 21.0. The average molecular weight is 366 g/mol. The topological polar surface area (TPSA) is 75.9 Å². The molecule has 1 aliphatic rings. The zero-order valence-electron chi connectivity index (χ0n) is 15.5. The molecule has 0 saturated carbocycles. The molecule has 4 rings (SSSR count). The van der Waals surface area contributed by atoms with Crippen molar-refractivity contribution in [1.29, 1.82) is 0 Å². The third-order valence-corrected chi connectivity index (χ3v) is 4.77. The molecule has 1 aliphatic heterocycles. The Morgan fingerprint density at radius 2 is 1.96 bits per heavy atom. The smallest absolute Gasteiger partial charge is 0.260 e. The van der Waals surface area contributed by atoms with E-state index in [4.69, 9.17) is 4.74 Å². The molecule has 1 amide bonds. The van der Waals surface area contributed by atoms with Gasteiger partial charge >= 0.3 is 0 Å². The van der Waals surface area contributed by atoms with Crippen molar-refractivity contribution in [3.63, 3.8) is 0 Å². The Kier molecular flexibility index (Phi) is 4.62. The third kappa shape index (κ3) is 3.69. The first kappa shape index (κ1) is 17.3. The van der Waals surface area contributed by atoms with E-state index >= 15 is 0 Å². The van der Waals surface area contributed by atoms with Crippen LogP contribution in [0.25, 0.3) is 5.78 Å². The van der Waals surface area contributed by atoms with E-state index in [0.29, 0.717) is 18.9 Å². The molecule has 0 spiro atoms. The Morgan fingerprint density at radius 3 is 2.74 bits per heavy atom. The number of piperazine rings is 1. The van der Waals surface area contributed by atoms with Crippen molar-refractivity contribution in [3.05, 3.63) is 47.9 Å². The van der Waals surface area contributed by atoms with Crippen LogP contribution in [0.1, 0.15) is 11.3 Å². The van der Waals surface area contributed by atoms with Crippen molar-refractivity contribution in [1.82, 2.24) is 24.5 Å². The Balaban J connectivity index is 1.34. The predicted molar refractivity (Wildman–Crippen MR) is 101 cm³/mol. The molecule has 0 bridgehead atoms. The van der Waals surface area contributed by atoms with Crippen LogP contribution in [-0.2, 0) is 4.79 Å². The monoisotopic (exact) mass is 366 g/mol. The number of carbonyl (C=O) groups is 1. The van der Waals surface area contributed by atoms with E-state index < -0.39 is 0 Å². The molecule has 3 heterocycles. The molecular formula is C19H22N6O2. The van der Waals surface area contributed by atoms with Crippen LogP contribution in [0.2, 0.25) is 0 Å². The summed E-state index contributed by atoms with van der Waals surface area (Å²) in [6.07, 6.45) is 1.66. The third-order valence-electron chi connectivity index (χ3n) is 4.77. The fraction of sp³-hybridized carbons (Fsp3) is 0.368. The highest BCUT2D eigenvalue weighted by molar-refractivity contribution is 5.78. The van der Waals surface area contributed by atoms with Crippen molar-refractivity contribution in [2.24, 2.45) is 0 Å². The second kappa shape index (κ2) is 7.22. The molecule has 0 atom stereocenters. The number of carbonyl (C=O) groups excluding carboxylic acids is 1. The van der Waals surface area contributed by atoms with Crippen molar-refractivity contribution >= 4 is 17.5 Å². The van der Waals surface area contributed by atoms with Crippen molar-refractivity contribution in [2.75, 3.05) is 37.7 Å². The summed E-state index contributed by atoms with van der Waals surface area (Å²) < 4.78 is 7.49. The van der Waals surface area contributed by atoms with E-state index in [1.807, 2.05) is 53.5 Å². The first-order valence-corrected chi connectivity index (χ1v) is 9.00. The molecule has 140 valence electrons. The van der Waals surface area contributed by atoms with Crippen LogP contribution in [0, 0.1) is 13.8 Å². The summed E-state index contributed by atoms with van der Waals surface area (Å²) >= 11 is 0. The molecule has 27 heavy (non-hydrogen) atoms. The fourth-order valence-electron chi connectivity index (χ4n) is 3.23. The van der Waals surface area contributed by atoms with Crippen LogP contribution in [0.4, 0.5) is 5.82 Å². The molecule has 8 heteroatoms. The van der Waals surface area contributed by atoms with Crippen molar-refractivity contribution < 1.29 is 9.53 Å². The average Bonchev–Trinajstić information content (AvgIpc) is 3.16. The summed E-state index contributed by atoms with van der Waals surface area (Å²) in [5, 5.41) is 7.93. The summed E-state index contributed by atoms with van der Waals surface area (Å²) in [6.45, 7) is 6.82. The van der Waals surface area contributed by atoms with Crippen LogP contribution in [-0.4, -0.2) is 63.2 Å². The molecule has 0 N–H and O–H groups in total. The van der Waals surface area contributed by atoms with Gasteiger partial charge in [-0.25, -0.2) is 0 Å². The summed E-state index contributed by atoms with van der Waals surface area (Å²) in [7, 11) is 0. The summed E-state index contributed by atoms with van der Waals surface area (Å²) in [6, 6.07) is 9.75. The van der Waals surface area contributed by atoms with Crippen molar-refractivity contribution in [3.8, 4) is 5.75 Å². The normalized spacial score (nSPS) is 14.6. The van der Waals surface area contributed by atoms with Gasteiger partial charge in [0.1, 0.15) is 17.9 Å². The van der Waals surface area contributed by atoms with E-state index in [1.165, 1.54) is 0 Å². The van der Waals surface area contributed by atoms with Crippen LogP contribution in [0.5, 0.6) is 5.75 Å². The number of fused-ring (bicyclic) bond motifs is 1. The van der Waals surface area contributed by atoms with E-state index in [9.17, 15) is 4.79 Å². The standard InChI is InChI=1S/C19H22N6O2/c1-14-4-3-5-16(10-14)27-12-18(26)24-8-6-23(7-9-24)17-11-15(2)25-13-20-22-19(25)21-17/h3-5,10-11,13H,6-9,12H2,1-2H3. The van der Waals surface area contributed by atoms with E-state index in [0.717, 1.165) is 35.9 Å². The SMILES string of the molecule is Cc1cccc(OCC(=O)N2CCN(c3cc(C)n4cnnc4n3)CC2)c1. The quantitative estimate of drug-likeness (QED) is 0.696. The number of nitrogens with zero attached hydrogens (tertiary/aromatic N) is 6. The number of ether oxygens (including phenoxy) is 1. The number of rotatable bonds is 4. The lowest BCUT2D eigenvalue weighted by atomic mass is 10.2. The van der Waals surface area contributed by atoms with Crippen LogP contribution >= 0.6 is 0 Å². The maximum atomic E-state index is 12.4. The van der Waals surface area contributed by atoms with Gasteiger partial charge in [0.2, 0.25) is 0 Å². The molecule has 0 aliphatic carbocycles. The lowest BCUT2D eigenvalue weighted by Crippen LogP contribution is -2.50. The van der Waals surface area contributed by atoms with E-state index in [2.05, 4.69) is 20.1 Å².